The largest absolute Gasteiger partial charge is 0.497 e. The van der Waals surface area contributed by atoms with E-state index in [1.165, 1.54) is 0 Å². The maximum atomic E-state index is 9.06. The molecule has 0 spiro atoms. The minimum atomic E-state index is -0.770. The second kappa shape index (κ2) is 4.75. The lowest BCUT2D eigenvalue weighted by atomic mass is 10.0. The summed E-state index contributed by atoms with van der Waals surface area (Å²) in [6.07, 6.45) is 0.657. The number of nitriles is 1. The maximum Gasteiger partial charge on any atom is 0.142 e. The zero-order chi connectivity index (χ0) is 13.2. The Balaban J connectivity index is 2.31. The van der Waals surface area contributed by atoms with E-state index in [-0.39, 0.29) is 0 Å². The summed E-state index contributed by atoms with van der Waals surface area (Å²) in [6.45, 7) is 1.25. The van der Waals surface area contributed by atoms with Crippen LogP contribution >= 0.6 is 0 Å². The molecule has 1 aliphatic heterocycles. The molecule has 2 N–H and O–H groups in total. The topological polar surface area (TPSA) is 71.5 Å². The summed E-state index contributed by atoms with van der Waals surface area (Å²) in [7, 11) is 3.25. The first-order chi connectivity index (χ1) is 8.61. The number of hydrogen-bond donors (Lipinski definition) is 1. The molecule has 1 aromatic rings. The molecule has 5 heteroatoms. The predicted molar refractivity (Wildman–Crippen MR) is 68.9 cm³/mol. The molecule has 1 heterocycles. The zero-order valence-corrected chi connectivity index (χ0v) is 10.6. The third-order valence-corrected chi connectivity index (χ3v) is 3.25. The van der Waals surface area contributed by atoms with Gasteiger partial charge in [0, 0.05) is 19.2 Å². The fourth-order valence-corrected chi connectivity index (χ4v) is 2.17. The minimum absolute atomic E-state index is 0.507. The monoisotopic (exact) mass is 247 g/mol. The van der Waals surface area contributed by atoms with E-state index in [1.807, 2.05) is 18.2 Å². The predicted octanol–water partition coefficient (Wildman–Crippen LogP) is 1.13. The molecule has 1 aromatic carbocycles. The van der Waals surface area contributed by atoms with Crippen LogP contribution in [0.3, 0.4) is 0 Å². The Hall–Kier alpha value is -1.93. The Bertz CT molecular complexity index is 484. The molecule has 0 radical (unpaired) electrons. The maximum absolute atomic E-state index is 9.06. The Morgan fingerprint density at radius 2 is 2.17 bits per heavy atom. The molecule has 96 valence electrons. The first kappa shape index (κ1) is 12.5. The number of nitrogens with two attached hydrogens (primary N) is 1. The standard InChI is InChI=1S/C13H17N3O2/c1-17-10-3-4-12(18-2)11(7-10)16-6-5-13(15,8-14)9-16/h3-4,7H,5-6,9,15H2,1-2H3. The van der Waals surface area contributed by atoms with E-state index in [4.69, 9.17) is 20.5 Å². The van der Waals surface area contributed by atoms with Gasteiger partial charge in [0.2, 0.25) is 0 Å². The smallest absolute Gasteiger partial charge is 0.142 e. The average molecular weight is 247 g/mol. The van der Waals surface area contributed by atoms with Gasteiger partial charge >= 0.3 is 0 Å². The first-order valence-corrected chi connectivity index (χ1v) is 5.79. The second-order valence-corrected chi connectivity index (χ2v) is 4.48. The van der Waals surface area contributed by atoms with Crippen molar-refractivity contribution in [3.05, 3.63) is 18.2 Å². The van der Waals surface area contributed by atoms with E-state index in [0.717, 1.165) is 23.7 Å². The van der Waals surface area contributed by atoms with Crippen molar-refractivity contribution in [3.63, 3.8) is 0 Å². The van der Waals surface area contributed by atoms with Crippen LogP contribution in [0.4, 0.5) is 5.69 Å². The van der Waals surface area contributed by atoms with Gasteiger partial charge in [-0.3, -0.25) is 0 Å². The lowest BCUT2D eigenvalue weighted by Crippen LogP contribution is -2.41. The average Bonchev–Trinajstić information content (AvgIpc) is 2.81. The van der Waals surface area contributed by atoms with Crippen LogP contribution in [0.25, 0.3) is 0 Å². The molecule has 0 saturated carbocycles. The van der Waals surface area contributed by atoms with Crippen molar-refractivity contribution in [2.75, 3.05) is 32.2 Å². The number of nitrogens with zero attached hydrogens (tertiary/aromatic N) is 2. The highest BCUT2D eigenvalue weighted by Gasteiger charge is 2.35. The van der Waals surface area contributed by atoms with Gasteiger partial charge in [0.15, 0.2) is 0 Å². The van der Waals surface area contributed by atoms with Gasteiger partial charge in [0.25, 0.3) is 0 Å². The van der Waals surface area contributed by atoms with E-state index in [9.17, 15) is 0 Å². The van der Waals surface area contributed by atoms with E-state index in [2.05, 4.69) is 11.0 Å². The normalized spacial score (nSPS) is 22.7. The Morgan fingerprint density at radius 1 is 1.39 bits per heavy atom. The van der Waals surface area contributed by atoms with E-state index >= 15 is 0 Å². The van der Waals surface area contributed by atoms with Crippen LogP contribution in [0, 0.1) is 11.3 Å². The second-order valence-electron chi connectivity index (χ2n) is 4.48. The molecule has 18 heavy (non-hydrogen) atoms. The van der Waals surface area contributed by atoms with Crippen molar-refractivity contribution in [1.29, 1.82) is 5.26 Å². The molecule has 0 aliphatic carbocycles. The number of ether oxygens (including phenoxy) is 2. The first-order valence-electron chi connectivity index (χ1n) is 5.79. The summed E-state index contributed by atoms with van der Waals surface area (Å²) >= 11 is 0. The third-order valence-electron chi connectivity index (χ3n) is 3.25. The Labute approximate surface area is 107 Å². The van der Waals surface area contributed by atoms with Gasteiger partial charge in [-0.15, -0.1) is 0 Å². The summed E-state index contributed by atoms with van der Waals surface area (Å²) in [5.41, 5.74) is 6.12. The van der Waals surface area contributed by atoms with Crippen LogP contribution in [0.5, 0.6) is 11.5 Å². The summed E-state index contributed by atoms with van der Waals surface area (Å²) in [4.78, 5) is 2.06. The molecular weight excluding hydrogens is 230 g/mol. The van der Waals surface area contributed by atoms with Gasteiger partial charge in [0.1, 0.15) is 17.0 Å². The number of benzene rings is 1. The summed E-state index contributed by atoms with van der Waals surface area (Å²) in [5.74, 6) is 1.52. The van der Waals surface area contributed by atoms with E-state index in [0.29, 0.717) is 13.0 Å². The molecule has 1 aliphatic rings. The number of hydrogen-bond acceptors (Lipinski definition) is 5. The fraction of sp³-hybridized carbons (Fsp3) is 0.462. The molecule has 0 bridgehead atoms. The van der Waals surface area contributed by atoms with Gasteiger partial charge in [-0.25, -0.2) is 0 Å². The molecular formula is C13H17N3O2. The number of methoxy groups -OCH3 is 2. The molecule has 1 atom stereocenters. The third kappa shape index (κ3) is 2.20. The van der Waals surface area contributed by atoms with Crippen LogP contribution in [0.15, 0.2) is 18.2 Å². The molecule has 5 nitrogen and oxygen atoms in total. The van der Waals surface area contributed by atoms with E-state index < -0.39 is 5.54 Å². The summed E-state index contributed by atoms with van der Waals surface area (Å²) in [6, 6.07) is 7.78. The molecule has 1 saturated heterocycles. The fourth-order valence-electron chi connectivity index (χ4n) is 2.17. The Morgan fingerprint density at radius 3 is 2.72 bits per heavy atom. The molecule has 2 rings (SSSR count). The van der Waals surface area contributed by atoms with Crippen LogP contribution in [0.2, 0.25) is 0 Å². The van der Waals surface area contributed by atoms with Crippen molar-refractivity contribution in [1.82, 2.24) is 0 Å². The minimum Gasteiger partial charge on any atom is -0.497 e. The molecule has 1 fully saturated rings. The van der Waals surface area contributed by atoms with Gasteiger partial charge < -0.3 is 20.1 Å². The van der Waals surface area contributed by atoms with Gasteiger partial charge in [-0.05, 0) is 18.6 Å². The zero-order valence-electron chi connectivity index (χ0n) is 10.6. The van der Waals surface area contributed by atoms with Crippen molar-refractivity contribution in [3.8, 4) is 17.6 Å². The highest BCUT2D eigenvalue weighted by molar-refractivity contribution is 5.63. The van der Waals surface area contributed by atoms with E-state index in [1.54, 1.807) is 14.2 Å². The Kier molecular flexibility index (Phi) is 3.30. The SMILES string of the molecule is COc1ccc(OC)c(N2CCC(N)(C#N)C2)c1. The van der Waals surface area contributed by atoms with Crippen molar-refractivity contribution >= 4 is 5.69 Å². The lowest BCUT2D eigenvalue weighted by Gasteiger charge is -2.22. The quantitative estimate of drug-likeness (QED) is 0.867. The highest BCUT2D eigenvalue weighted by Crippen LogP contribution is 2.35. The van der Waals surface area contributed by atoms with Crippen LogP contribution in [-0.2, 0) is 0 Å². The van der Waals surface area contributed by atoms with Crippen LogP contribution < -0.4 is 20.1 Å². The summed E-state index contributed by atoms with van der Waals surface area (Å²) in [5, 5.41) is 9.06. The number of anilines is 1. The van der Waals surface area contributed by atoms with Gasteiger partial charge in [0.05, 0.1) is 26.0 Å². The molecule has 1 unspecified atom stereocenters. The number of rotatable bonds is 3. The highest BCUT2D eigenvalue weighted by atomic mass is 16.5. The molecule has 0 amide bonds. The van der Waals surface area contributed by atoms with Crippen molar-refractivity contribution in [2.24, 2.45) is 5.73 Å². The lowest BCUT2D eigenvalue weighted by molar-refractivity contribution is 0.403. The summed E-state index contributed by atoms with van der Waals surface area (Å²) < 4.78 is 10.6. The van der Waals surface area contributed by atoms with Gasteiger partial charge in [-0.2, -0.15) is 5.26 Å². The van der Waals surface area contributed by atoms with Crippen LogP contribution in [0.1, 0.15) is 6.42 Å². The molecule has 0 aromatic heterocycles. The van der Waals surface area contributed by atoms with Crippen molar-refractivity contribution < 1.29 is 9.47 Å². The van der Waals surface area contributed by atoms with Crippen LogP contribution in [-0.4, -0.2) is 32.8 Å². The van der Waals surface area contributed by atoms with Crippen molar-refractivity contribution in [2.45, 2.75) is 12.0 Å². The van der Waals surface area contributed by atoms with Gasteiger partial charge in [-0.1, -0.05) is 0 Å².